The highest BCUT2D eigenvalue weighted by Gasteiger charge is 2.28. The highest BCUT2D eigenvalue weighted by Crippen LogP contribution is 2.25. The van der Waals surface area contributed by atoms with Crippen molar-refractivity contribution in [1.29, 1.82) is 0 Å². The third-order valence-electron chi connectivity index (χ3n) is 5.40. The third kappa shape index (κ3) is 4.06. The van der Waals surface area contributed by atoms with Gasteiger partial charge < -0.3 is 15.0 Å². The van der Waals surface area contributed by atoms with Gasteiger partial charge in [-0.05, 0) is 49.2 Å². The molecule has 6 heteroatoms. The number of ketones is 1. The molecular weight excluding hydrogens is 366 g/mol. The number of anilines is 1. The fourth-order valence-corrected chi connectivity index (χ4v) is 3.74. The van der Waals surface area contributed by atoms with E-state index in [0.717, 1.165) is 16.7 Å². The topological polar surface area (TPSA) is 71.5 Å². The molecule has 0 atom stereocenters. The molecule has 1 fully saturated rings. The number of hydrogen-bond donors (Lipinski definition) is 1. The Hall–Kier alpha value is -3.41. The summed E-state index contributed by atoms with van der Waals surface area (Å²) in [6, 6.07) is 16.6. The fourth-order valence-electron chi connectivity index (χ4n) is 3.74. The SMILES string of the molecule is COc1ccc(C(=O)C2CCN(C(=O)Nc3cccc4cccnc34)CC2)cc1. The molecule has 0 radical (unpaired) electrons. The molecule has 148 valence electrons. The molecule has 2 heterocycles. The van der Waals surface area contributed by atoms with E-state index in [0.29, 0.717) is 37.2 Å². The van der Waals surface area contributed by atoms with Crippen molar-refractivity contribution in [3.8, 4) is 5.75 Å². The van der Waals surface area contributed by atoms with Crippen molar-refractivity contribution < 1.29 is 14.3 Å². The van der Waals surface area contributed by atoms with Gasteiger partial charge in [0.25, 0.3) is 0 Å². The van der Waals surface area contributed by atoms with Crippen molar-refractivity contribution in [2.45, 2.75) is 12.8 Å². The van der Waals surface area contributed by atoms with Crippen molar-refractivity contribution in [3.63, 3.8) is 0 Å². The lowest BCUT2D eigenvalue weighted by Crippen LogP contribution is -2.42. The van der Waals surface area contributed by atoms with Gasteiger partial charge in [-0.15, -0.1) is 0 Å². The van der Waals surface area contributed by atoms with Crippen LogP contribution < -0.4 is 10.1 Å². The molecule has 1 aliphatic heterocycles. The minimum absolute atomic E-state index is 0.0633. The van der Waals surface area contributed by atoms with Crippen LogP contribution >= 0.6 is 0 Å². The van der Waals surface area contributed by atoms with Crippen LogP contribution in [0, 0.1) is 5.92 Å². The van der Waals surface area contributed by atoms with Crippen molar-refractivity contribution in [1.82, 2.24) is 9.88 Å². The van der Waals surface area contributed by atoms with E-state index in [2.05, 4.69) is 10.3 Å². The summed E-state index contributed by atoms with van der Waals surface area (Å²) in [5, 5.41) is 3.95. The third-order valence-corrected chi connectivity index (χ3v) is 5.40. The number of rotatable bonds is 4. The first-order valence-electron chi connectivity index (χ1n) is 9.73. The molecule has 29 heavy (non-hydrogen) atoms. The number of carbonyl (C=O) groups excluding carboxylic acids is 2. The van der Waals surface area contributed by atoms with E-state index in [4.69, 9.17) is 4.74 Å². The predicted molar refractivity (Wildman–Crippen MR) is 112 cm³/mol. The molecule has 4 rings (SSSR count). The first-order valence-corrected chi connectivity index (χ1v) is 9.73. The number of nitrogens with zero attached hydrogens (tertiary/aromatic N) is 2. The van der Waals surface area contributed by atoms with Crippen LogP contribution in [0.5, 0.6) is 5.75 Å². The molecule has 1 N–H and O–H groups in total. The number of carbonyl (C=O) groups is 2. The molecular formula is C23H23N3O3. The molecule has 0 spiro atoms. The monoisotopic (exact) mass is 389 g/mol. The van der Waals surface area contributed by atoms with Crippen LogP contribution in [0.3, 0.4) is 0 Å². The Bertz CT molecular complexity index is 1020. The van der Waals surface area contributed by atoms with Crippen molar-refractivity contribution in [2.75, 3.05) is 25.5 Å². The van der Waals surface area contributed by atoms with Gasteiger partial charge in [-0.25, -0.2) is 4.79 Å². The van der Waals surface area contributed by atoms with Gasteiger partial charge in [-0.2, -0.15) is 0 Å². The summed E-state index contributed by atoms with van der Waals surface area (Å²) in [6.07, 6.45) is 3.03. The van der Waals surface area contributed by atoms with Crippen LogP contribution in [0.1, 0.15) is 23.2 Å². The number of benzene rings is 2. The zero-order valence-electron chi connectivity index (χ0n) is 16.3. The first-order chi connectivity index (χ1) is 14.2. The number of methoxy groups -OCH3 is 1. The number of ether oxygens (including phenoxy) is 1. The molecule has 1 aliphatic rings. The summed E-state index contributed by atoms with van der Waals surface area (Å²) >= 11 is 0. The standard InChI is InChI=1S/C23H23N3O3/c1-29-19-9-7-17(8-10-19)22(27)18-11-14-26(15-12-18)23(28)25-20-6-2-4-16-5-3-13-24-21(16)20/h2-10,13,18H,11-12,14-15H2,1H3,(H,25,28). The molecule has 1 aromatic heterocycles. The zero-order chi connectivity index (χ0) is 20.2. The number of Topliss-reactive ketones (excluding diaryl/α,β-unsaturated/α-hetero) is 1. The van der Waals surface area contributed by atoms with Gasteiger partial charge in [0, 0.05) is 36.2 Å². The number of likely N-dealkylation sites (tertiary alicyclic amines) is 1. The molecule has 2 aromatic carbocycles. The van der Waals surface area contributed by atoms with E-state index >= 15 is 0 Å². The Morgan fingerprint density at radius 1 is 1.03 bits per heavy atom. The summed E-state index contributed by atoms with van der Waals surface area (Å²) in [4.78, 5) is 31.6. The summed E-state index contributed by atoms with van der Waals surface area (Å²) in [7, 11) is 1.60. The minimum atomic E-state index is -0.154. The zero-order valence-corrected chi connectivity index (χ0v) is 16.3. The second kappa shape index (κ2) is 8.31. The number of para-hydroxylation sites is 1. The number of piperidine rings is 1. The first kappa shape index (κ1) is 18.9. The smallest absolute Gasteiger partial charge is 0.321 e. The summed E-state index contributed by atoms with van der Waals surface area (Å²) in [5.41, 5.74) is 2.16. The lowest BCUT2D eigenvalue weighted by molar-refractivity contribution is 0.0859. The van der Waals surface area contributed by atoms with Crippen LogP contribution in [0.15, 0.2) is 60.8 Å². The molecule has 0 bridgehead atoms. The van der Waals surface area contributed by atoms with Gasteiger partial charge in [-0.3, -0.25) is 9.78 Å². The molecule has 0 saturated carbocycles. The number of aromatic nitrogens is 1. The van der Waals surface area contributed by atoms with Gasteiger partial charge in [0.05, 0.1) is 18.3 Å². The average Bonchev–Trinajstić information content (AvgIpc) is 2.79. The second-order valence-corrected chi connectivity index (χ2v) is 7.16. The number of urea groups is 1. The molecule has 3 aromatic rings. The van der Waals surface area contributed by atoms with Crippen LogP contribution in [0.25, 0.3) is 10.9 Å². The summed E-state index contributed by atoms with van der Waals surface area (Å²) in [5.74, 6) is 0.800. The molecule has 6 nitrogen and oxygen atoms in total. The lowest BCUT2D eigenvalue weighted by atomic mass is 9.89. The maximum atomic E-state index is 12.7. The average molecular weight is 389 g/mol. The number of nitrogens with one attached hydrogen (secondary N) is 1. The maximum absolute atomic E-state index is 12.7. The number of pyridine rings is 1. The Morgan fingerprint density at radius 2 is 1.76 bits per heavy atom. The van der Waals surface area contributed by atoms with E-state index in [9.17, 15) is 9.59 Å². The van der Waals surface area contributed by atoms with Crippen molar-refractivity contribution >= 4 is 28.4 Å². The van der Waals surface area contributed by atoms with Gasteiger partial charge in [0.15, 0.2) is 5.78 Å². The van der Waals surface area contributed by atoms with Gasteiger partial charge >= 0.3 is 6.03 Å². The van der Waals surface area contributed by atoms with Crippen molar-refractivity contribution in [3.05, 3.63) is 66.4 Å². The normalized spacial score (nSPS) is 14.6. The van der Waals surface area contributed by atoms with E-state index in [-0.39, 0.29) is 17.7 Å². The van der Waals surface area contributed by atoms with Crippen molar-refractivity contribution in [2.24, 2.45) is 5.92 Å². The maximum Gasteiger partial charge on any atom is 0.321 e. The molecule has 1 saturated heterocycles. The number of hydrogen-bond acceptors (Lipinski definition) is 4. The van der Waals surface area contributed by atoms with Crippen LogP contribution in [-0.2, 0) is 0 Å². The lowest BCUT2D eigenvalue weighted by Gasteiger charge is -2.31. The summed E-state index contributed by atoms with van der Waals surface area (Å²) in [6.45, 7) is 1.10. The Kier molecular flexibility index (Phi) is 5.42. The Morgan fingerprint density at radius 3 is 2.48 bits per heavy atom. The van der Waals surface area contributed by atoms with E-state index in [1.54, 1.807) is 42.5 Å². The van der Waals surface area contributed by atoms with Crippen LogP contribution in [0.4, 0.5) is 10.5 Å². The highest BCUT2D eigenvalue weighted by molar-refractivity contribution is 6.00. The van der Waals surface area contributed by atoms with Crippen LogP contribution in [-0.4, -0.2) is 41.9 Å². The number of amides is 2. The molecule has 0 unspecified atom stereocenters. The summed E-state index contributed by atoms with van der Waals surface area (Å²) < 4.78 is 5.14. The van der Waals surface area contributed by atoms with Gasteiger partial charge in [-0.1, -0.05) is 18.2 Å². The van der Waals surface area contributed by atoms with E-state index < -0.39 is 0 Å². The minimum Gasteiger partial charge on any atom is -0.497 e. The fraction of sp³-hybridized carbons (Fsp3) is 0.261. The van der Waals surface area contributed by atoms with Gasteiger partial charge in [0.1, 0.15) is 5.75 Å². The quantitative estimate of drug-likeness (QED) is 0.673. The van der Waals surface area contributed by atoms with Crippen LogP contribution in [0.2, 0.25) is 0 Å². The number of fused-ring (bicyclic) bond motifs is 1. The second-order valence-electron chi connectivity index (χ2n) is 7.16. The van der Waals surface area contributed by atoms with E-state index in [1.165, 1.54) is 0 Å². The van der Waals surface area contributed by atoms with Gasteiger partial charge in [0.2, 0.25) is 0 Å². The largest absolute Gasteiger partial charge is 0.497 e. The van der Waals surface area contributed by atoms with E-state index in [1.807, 2.05) is 30.3 Å². The Labute approximate surface area is 169 Å². The molecule has 2 amide bonds. The predicted octanol–water partition coefficient (Wildman–Crippen LogP) is 4.37. The Balaban J connectivity index is 1.37. The molecule has 0 aliphatic carbocycles. The highest BCUT2D eigenvalue weighted by atomic mass is 16.5.